The van der Waals surface area contributed by atoms with Crippen LogP contribution in [0.15, 0.2) is 42.7 Å². The maximum Gasteiger partial charge on any atom is 0.416 e. The molecular weight excluding hydrogens is 277 g/mol. The van der Waals surface area contributed by atoms with Crippen LogP contribution in [0, 0.1) is 0 Å². The molecule has 0 aliphatic rings. The van der Waals surface area contributed by atoms with E-state index in [-0.39, 0.29) is 5.02 Å². The third-order valence-corrected chi connectivity index (χ3v) is 2.69. The third-order valence-electron chi connectivity index (χ3n) is 2.47. The Kier molecular flexibility index (Phi) is 3.95. The number of nitrogens with zero attached hydrogens (tertiary/aromatic N) is 1. The molecule has 0 saturated carbocycles. The maximum absolute atomic E-state index is 12.6. The number of hydrogen-bond acceptors (Lipinski definition) is 2. The molecule has 1 aromatic heterocycles. The van der Waals surface area contributed by atoms with Crippen molar-refractivity contribution in [1.29, 1.82) is 0 Å². The smallest absolute Gasteiger partial charge is 0.381 e. The number of hydrogen-bond donors (Lipinski definition) is 1. The van der Waals surface area contributed by atoms with Crippen LogP contribution in [0.2, 0.25) is 5.02 Å². The van der Waals surface area contributed by atoms with Gasteiger partial charge in [0.2, 0.25) is 0 Å². The maximum atomic E-state index is 12.6. The standard InChI is InChI=1S/C13H10ClF3N2/c14-11-5-10(13(15,16)17)6-12(7-11)19-8-9-1-3-18-4-2-9/h1-7,19H,8H2. The monoisotopic (exact) mass is 286 g/mol. The van der Waals surface area contributed by atoms with Gasteiger partial charge in [0.25, 0.3) is 0 Å². The lowest BCUT2D eigenvalue weighted by molar-refractivity contribution is -0.137. The molecule has 2 nitrogen and oxygen atoms in total. The van der Waals surface area contributed by atoms with Crippen LogP contribution < -0.4 is 5.32 Å². The van der Waals surface area contributed by atoms with Gasteiger partial charge in [-0.3, -0.25) is 4.98 Å². The summed E-state index contributed by atoms with van der Waals surface area (Å²) in [5.41, 5.74) is 0.484. The fourth-order valence-electron chi connectivity index (χ4n) is 1.56. The largest absolute Gasteiger partial charge is 0.416 e. The van der Waals surface area contributed by atoms with Gasteiger partial charge in [-0.1, -0.05) is 11.6 Å². The van der Waals surface area contributed by atoms with Gasteiger partial charge >= 0.3 is 6.18 Å². The minimum absolute atomic E-state index is 0.0482. The summed E-state index contributed by atoms with van der Waals surface area (Å²) < 4.78 is 37.8. The molecule has 0 atom stereocenters. The number of pyridine rings is 1. The molecule has 1 heterocycles. The summed E-state index contributed by atoms with van der Waals surface area (Å²) in [4.78, 5) is 3.86. The number of anilines is 1. The Hall–Kier alpha value is -1.75. The van der Waals surface area contributed by atoms with Crippen molar-refractivity contribution in [2.45, 2.75) is 12.7 Å². The van der Waals surface area contributed by atoms with Gasteiger partial charge in [0.15, 0.2) is 0 Å². The molecule has 0 aliphatic carbocycles. The molecule has 0 radical (unpaired) electrons. The first-order chi connectivity index (χ1) is 8.95. The number of halogens is 4. The molecule has 19 heavy (non-hydrogen) atoms. The van der Waals surface area contributed by atoms with Gasteiger partial charge in [-0.2, -0.15) is 13.2 Å². The van der Waals surface area contributed by atoms with Crippen LogP contribution in [0.25, 0.3) is 0 Å². The quantitative estimate of drug-likeness (QED) is 0.906. The van der Waals surface area contributed by atoms with E-state index in [9.17, 15) is 13.2 Å². The van der Waals surface area contributed by atoms with Gasteiger partial charge in [0.05, 0.1) is 5.56 Å². The van der Waals surface area contributed by atoms with Crippen molar-refractivity contribution in [3.8, 4) is 0 Å². The van der Waals surface area contributed by atoms with Crippen molar-refractivity contribution in [1.82, 2.24) is 4.98 Å². The molecule has 2 rings (SSSR count). The first-order valence-electron chi connectivity index (χ1n) is 5.46. The summed E-state index contributed by atoms with van der Waals surface area (Å²) in [5, 5.41) is 2.95. The molecule has 1 N–H and O–H groups in total. The molecule has 0 unspecified atom stereocenters. The van der Waals surface area contributed by atoms with Crippen LogP contribution in [-0.4, -0.2) is 4.98 Å². The first-order valence-corrected chi connectivity index (χ1v) is 5.83. The van der Waals surface area contributed by atoms with Crippen LogP contribution in [0.3, 0.4) is 0 Å². The van der Waals surface area contributed by atoms with Crippen molar-refractivity contribution < 1.29 is 13.2 Å². The van der Waals surface area contributed by atoms with Gasteiger partial charge in [-0.25, -0.2) is 0 Å². The van der Waals surface area contributed by atoms with E-state index in [1.165, 1.54) is 6.07 Å². The molecule has 6 heteroatoms. The summed E-state index contributed by atoms with van der Waals surface area (Å²) in [7, 11) is 0. The second-order valence-corrected chi connectivity index (χ2v) is 4.37. The van der Waals surface area contributed by atoms with E-state index in [2.05, 4.69) is 10.3 Å². The van der Waals surface area contributed by atoms with E-state index in [4.69, 9.17) is 11.6 Å². The van der Waals surface area contributed by atoms with Crippen LogP contribution in [0.1, 0.15) is 11.1 Å². The number of benzene rings is 1. The van der Waals surface area contributed by atoms with Gasteiger partial charge in [0.1, 0.15) is 0 Å². The molecule has 0 spiro atoms. The van der Waals surface area contributed by atoms with Crippen molar-refractivity contribution >= 4 is 17.3 Å². The predicted molar refractivity (Wildman–Crippen MR) is 68.0 cm³/mol. The van der Waals surface area contributed by atoms with Gasteiger partial charge in [-0.15, -0.1) is 0 Å². The molecular formula is C13H10ClF3N2. The minimum atomic E-state index is -4.40. The second kappa shape index (κ2) is 5.48. The Morgan fingerprint density at radius 3 is 2.42 bits per heavy atom. The van der Waals surface area contributed by atoms with Crippen molar-refractivity contribution in [2.75, 3.05) is 5.32 Å². The molecule has 0 fully saturated rings. The van der Waals surface area contributed by atoms with E-state index in [0.717, 1.165) is 17.7 Å². The third kappa shape index (κ3) is 3.86. The SMILES string of the molecule is FC(F)(F)c1cc(Cl)cc(NCc2ccncc2)c1. The van der Waals surface area contributed by atoms with Crippen molar-refractivity contribution in [3.05, 3.63) is 58.9 Å². The summed E-state index contributed by atoms with van der Waals surface area (Å²) in [6.45, 7) is 0.403. The second-order valence-electron chi connectivity index (χ2n) is 3.94. The van der Waals surface area contributed by atoms with E-state index in [1.807, 2.05) is 0 Å². The van der Waals surface area contributed by atoms with Crippen molar-refractivity contribution in [2.24, 2.45) is 0 Å². The summed E-state index contributed by atoms with van der Waals surface area (Å²) in [5.74, 6) is 0. The van der Waals surface area contributed by atoms with Crippen molar-refractivity contribution in [3.63, 3.8) is 0 Å². The number of alkyl halides is 3. The summed E-state index contributed by atoms with van der Waals surface area (Å²) in [6.07, 6.45) is -1.16. The predicted octanol–water partition coefficient (Wildman–Crippen LogP) is 4.37. The number of rotatable bonds is 3. The Morgan fingerprint density at radius 2 is 1.79 bits per heavy atom. The number of nitrogens with one attached hydrogen (secondary N) is 1. The zero-order chi connectivity index (χ0) is 13.9. The van der Waals surface area contributed by atoms with Gasteiger partial charge < -0.3 is 5.32 Å². The molecule has 0 amide bonds. The van der Waals surface area contributed by atoms with E-state index in [1.54, 1.807) is 24.5 Å². The Balaban J connectivity index is 2.15. The molecule has 0 aliphatic heterocycles. The zero-order valence-electron chi connectivity index (χ0n) is 9.71. The van der Waals surface area contributed by atoms with Crippen LogP contribution in [0.4, 0.5) is 18.9 Å². The van der Waals surface area contributed by atoms with E-state index in [0.29, 0.717) is 12.2 Å². The zero-order valence-corrected chi connectivity index (χ0v) is 10.5. The van der Waals surface area contributed by atoms with Crippen LogP contribution >= 0.6 is 11.6 Å². The summed E-state index contributed by atoms with van der Waals surface area (Å²) >= 11 is 5.69. The highest BCUT2D eigenvalue weighted by Crippen LogP contribution is 2.33. The molecule has 1 aromatic carbocycles. The molecule has 2 aromatic rings. The molecule has 100 valence electrons. The Labute approximate surface area is 113 Å². The lowest BCUT2D eigenvalue weighted by Gasteiger charge is -2.11. The average Bonchev–Trinajstić information content (AvgIpc) is 2.36. The van der Waals surface area contributed by atoms with Crippen LogP contribution in [0.5, 0.6) is 0 Å². The number of aromatic nitrogens is 1. The molecule has 0 saturated heterocycles. The average molecular weight is 287 g/mol. The normalized spacial score (nSPS) is 11.4. The minimum Gasteiger partial charge on any atom is -0.381 e. The fraction of sp³-hybridized carbons (Fsp3) is 0.154. The first kappa shape index (κ1) is 13.7. The highest BCUT2D eigenvalue weighted by atomic mass is 35.5. The fourth-order valence-corrected chi connectivity index (χ4v) is 1.80. The Bertz CT molecular complexity index is 556. The highest BCUT2D eigenvalue weighted by molar-refractivity contribution is 6.30. The lowest BCUT2D eigenvalue weighted by atomic mass is 10.2. The van der Waals surface area contributed by atoms with Gasteiger partial charge in [-0.05, 0) is 35.9 Å². The lowest BCUT2D eigenvalue weighted by Crippen LogP contribution is -2.06. The van der Waals surface area contributed by atoms with E-state index >= 15 is 0 Å². The topological polar surface area (TPSA) is 24.9 Å². The summed E-state index contributed by atoms with van der Waals surface area (Å²) in [6, 6.07) is 6.95. The highest BCUT2D eigenvalue weighted by Gasteiger charge is 2.31. The van der Waals surface area contributed by atoms with E-state index < -0.39 is 11.7 Å². The van der Waals surface area contributed by atoms with Gasteiger partial charge in [0, 0.05) is 29.6 Å². The van der Waals surface area contributed by atoms with Crippen LogP contribution in [-0.2, 0) is 12.7 Å². The molecule has 0 bridgehead atoms. The Morgan fingerprint density at radius 1 is 1.11 bits per heavy atom.